The van der Waals surface area contributed by atoms with Crippen LogP contribution in [-0.2, 0) is 14.8 Å². The summed E-state index contributed by atoms with van der Waals surface area (Å²) in [7, 11) is -3.09. The Hall–Kier alpha value is -0.370. The van der Waals surface area contributed by atoms with Crippen molar-refractivity contribution in [3.05, 3.63) is 0 Å². The van der Waals surface area contributed by atoms with Crippen molar-refractivity contribution in [3.63, 3.8) is 0 Å². The van der Waals surface area contributed by atoms with E-state index in [1.807, 2.05) is 0 Å². The lowest BCUT2D eigenvalue weighted by molar-refractivity contribution is -0.124. The number of piperidine rings is 2. The number of hydrogen-bond acceptors (Lipinski definition) is 4. The summed E-state index contributed by atoms with van der Waals surface area (Å²) in [6, 6.07) is 0.0377. The number of hydrogen-bond donors (Lipinski definition) is 2. The van der Waals surface area contributed by atoms with E-state index in [-0.39, 0.29) is 36.2 Å². The van der Waals surface area contributed by atoms with Crippen molar-refractivity contribution in [2.75, 3.05) is 25.4 Å². The molecule has 2 aliphatic rings. The highest BCUT2D eigenvalue weighted by Crippen LogP contribution is 2.15. The number of sulfonamides is 1. The molecule has 2 rings (SSSR count). The van der Waals surface area contributed by atoms with Gasteiger partial charge in [0, 0.05) is 19.1 Å². The summed E-state index contributed by atoms with van der Waals surface area (Å²) in [5.41, 5.74) is 0. The minimum absolute atomic E-state index is 0. The zero-order valence-corrected chi connectivity index (χ0v) is 14.1. The van der Waals surface area contributed by atoms with Crippen LogP contribution in [0.15, 0.2) is 0 Å². The molecule has 2 N–H and O–H groups in total. The Balaban J connectivity index is 0.00000220. The van der Waals surface area contributed by atoms with E-state index in [1.54, 1.807) is 6.92 Å². The quantitative estimate of drug-likeness (QED) is 0.781. The molecule has 8 heteroatoms. The molecule has 124 valence electrons. The molecule has 0 spiro atoms. The monoisotopic (exact) mass is 339 g/mol. The van der Waals surface area contributed by atoms with Crippen molar-refractivity contribution in [3.8, 4) is 0 Å². The molecule has 1 amide bonds. The van der Waals surface area contributed by atoms with Gasteiger partial charge < -0.3 is 10.6 Å². The fourth-order valence-electron chi connectivity index (χ4n) is 2.84. The Morgan fingerprint density at radius 3 is 2.43 bits per heavy atom. The Morgan fingerprint density at radius 2 is 1.90 bits per heavy atom. The first kappa shape index (κ1) is 18.7. The van der Waals surface area contributed by atoms with Crippen LogP contribution in [0, 0.1) is 0 Å². The summed E-state index contributed by atoms with van der Waals surface area (Å²) in [4.78, 5) is 12.1. The number of rotatable bonds is 4. The number of halogens is 1. The Labute approximate surface area is 133 Å². The van der Waals surface area contributed by atoms with Gasteiger partial charge in [-0.15, -0.1) is 12.4 Å². The van der Waals surface area contributed by atoms with E-state index in [1.165, 1.54) is 4.31 Å². The highest BCUT2D eigenvalue weighted by Gasteiger charge is 2.29. The highest BCUT2D eigenvalue weighted by atomic mass is 35.5. The van der Waals surface area contributed by atoms with E-state index in [4.69, 9.17) is 0 Å². The predicted octanol–water partition coefficient (Wildman–Crippen LogP) is 0.481. The van der Waals surface area contributed by atoms with Crippen LogP contribution in [0.2, 0.25) is 0 Å². The summed E-state index contributed by atoms with van der Waals surface area (Å²) in [5, 5.41) is 6.29. The lowest BCUT2D eigenvalue weighted by Gasteiger charge is -2.32. The highest BCUT2D eigenvalue weighted by molar-refractivity contribution is 7.89. The van der Waals surface area contributed by atoms with Crippen LogP contribution in [0.1, 0.15) is 39.0 Å². The number of amides is 1. The van der Waals surface area contributed by atoms with Gasteiger partial charge in [0.05, 0.1) is 11.8 Å². The molecule has 0 aliphatic carbocycles. The number of nitrogens with one attached hydrogen (secondary N) is 2. The molecule has 0 saturated carbocycles. The van der Waals surface area contributed by atoms with Crippen molar-refractivity contribution in [2.24, 2.45) is 0 Å². The van der Waals surface area contributed by atoms with Gasteiger partial charge in [0.2, 0.25) is 15.9 Å². The maximum absolute atomic E-state index is 12.1. The molecule has 2 heterocycles. The summed E-state index contributed by atoms with van der Waals surface area (Å²) in [5.74, 6) is 0.220. The maximum atomic E-state index is 12.1. The van der Waals surface area contributed by atoms with E-state index in [0.717, 1.165) is 25.8 Å². The van der Waals surface area contributed by atoms with Crippen molar-refractivity contribution >= 4 is 28.3 Å². The largest absolute Gasteiger partial charge is 0.352 e. The molecule has 2 fully saturated rings. The molecule has 0 bridgehead atoms. The van der Waals surface area contributed by atoms with Crippen LogP contribution in [0.25, 0.3) is 0 Å². The third kappa shape index (κ3) is 5.09. The lowest BCUT2D eigenvalue weighted by atomic mass is 10.0. The van der Waals surface area contributed by atoms with E-state index < -0.39 is 10.0 Å². The number of nitrogens with zero attached hydrogens (tertiary/aromatic N) is 1. The number of carbonyl (C=O) groups excluding carboxylic acids is 1. The lowest BCUT2D eigenvalue weighted by Crippen LogP contribution is -2.52. The molecule has 6 nitrogen and oxygen atoms in total. The molecule has 21 heavy (non-hydrogen) atoms. The molecule has 0 aromatic rings. The minimum Gasteiger partial charge on any atom is -0.352 e. The molecule has 0 radical (unpaired) electrons. The molecule has 2 saturated heterocycles. The topological polar surface area (TPSA) is 78.5 Å². The molecule has 0 aromatic heterocycles. The van der Waals surface area contributed by atoms with E-state index >= 15 is 0 Å². The molecule has 1 atom stereocenters. The average Bonchev–Trinajstić information content (AvgIpc) is 2.48. The van der Waals surface area contributed by atoms with Gasteiger partial charge in [0.25, 0.3) is 0 Å². The van der Waals surface area contributed by atoms with Gasteiger partial charge in [-0.05, 0) is 39.2 Å². The SMILES string of the molecule is CCS(=O)(=O)N1CCC(NC(=O)[C@H]2CCCCN2)CC1.Cl. The van der Waals surface area contributed by atoms with Gasteiger partial charge in [0.15, 0.2) is 0 Å². The fraction of sp³-hybridized carbons (Fsp3) is 0.923. The van der Waals surface area contributed by atoms with E-state index in [0.29, 0.717) is 25.9 Å². The minimum atomic E-state index is -3.09. The fourth-order valence-corrected chi connectivity index (χ4v) is 3.97. The first-order chi connectivity index (χ1) is 9.53. The van der Waals surface area contributed by atoms with Crippen LogP contribution in [-0.4, -0.2) is 56.1 Å². The van der Waals surface area contributed by atoms with Gasteiger partial charge >= 0.3 is 0 Å². The summed E-state index contributed by atoms with van der Waals surface area (Å²) >= 11 is 0. The normalized spacial score (nSPS) is 25.1. The second kappa shape index (κ2) is 8.31. The van der Waals surface area contributed by atoms with E-state index in [9.17, 15) is 13.2 Å². The zero-order chi connectivity index (χ0) is 14.6. The van der Waals surface area contributed by atoms with Gasteiger partial charge in [-0.1, -0.05) is 6.42 Å². The Morgan fingerprint density at radius 1 is 1.24 bits per heavy atom. The van der Waals surface area contributed by atoms with Crippen molar-refractivity contribution in [1.29, 1.82) is 0 Å². The molecule has 0 aromatic carbocycles. The zero-order valence-electron chi connectivity index (χ0n) is 12.5. The molecule has 0 unspecified atom stereocenters. The smallest absolute Gasteiger partial charge is 0.237 e. The first-order valence-electron chi connectivity index (χ1n) is 7.54. The van der Waals surface area contributed by atoms with Crippen LogP contribution in [0.4, 0.5) is 0 Å². The van der Waals surface area contributed by atoms with Crippen LogP contribution in [0.3, 0.4) is 0 Å². The van der Waals surface area contributed by atoms with E-state index in [2.05, 4.69) is 10.6 Å². The third-order valence-corrected chi connectivity index (χ3v) is 6.07. The van der Waals surface area contributed by atoms with Crippen molar-refractivity contribution in [2.45, 2.75) is 51.1 Å². The van der Waals surface area contributed by atoms with Crippen LogP contribution < -0.4 is 10.6 Å². The standard InChI is InChI=1S/C13H25N3O3S.ClH/c1-2-20(18,19)16-9-6-11(7-10-16)15-13(17)12-5-3-4-8-14-12;/h11-12,14H,2-10H2,1H3,(H,15,17);1H/t12-;/m1./s1. The second-order valence-electron chi connectivity index (χ2n) is 5.58. The third-order valence-electron chi connectivity index (χ3n) is 4.19. The van der Waals surface area contributed by atoms with Crippen molar-refractivity contribution in [1.82, 2.24) is 14.9 Å². The molecule has 2 aliphatic heterocycles. The van der Waals surface area contributed by atoms with Gasteiger partial charge in [0.1, 0.15) is 0 Å². The maximum Gasteiger partial charge on any atom is 0.237 e. The van der Waals surface area contributed by atoms with Gasteiger partial charge in [-0.2, -0.15) is 0 Å². The van der Waals surface area contributed by atoms with Crippen LogP contribution in [0.5, 0.6) is 0 Å². The van der Waals surface area contributed by atoms with Crippen LogP contribution >= 0.6 is 12.4 Å². The summed E-state index contributed by atoms with van der Waals surface area (Å²) in [6.45, 7) is 3.60. The van der Waals surface area contributed by atoms with Gasteiger partial charge in [-0.3, -0.25) is 4.79 Å². The average molecular weight is 340 g/mol. The van der Waals surface area contributed by atoms with Crippen molar-refractivity contribution < 1.29 is 13.2 Å². The first-order valence-corrected chi connectivity index (χ1v) is 9.15. The molecular weight excluding hydrogens is 314 g/mol. The van der Waals surface area contributed by atoms with Gasteiger partial charge in [-0.25, -0.2) is 12.7 Å². The second-order valence-corrected chi connectivity index (χ2v) is 7.84. The molecular formula is C13H26ClN3O3S. The summed E-state index contributed by atoms with van der Waals surface area (Å²) in [6.07, 6.45) is 4.54. The Kier molecular flexibility index (Phi) is 7.39. The summed E-state index contributed by atoms with van der Waals surface area (Å²) < 4.78 is 25.1. The predicted molar refractivity (Wildman–Crippen MR) is 85.1 cm³/mol. The Bertz CT molecular complexity index is 430. The number of carbonyl (C=O) groups is 1.